The number of carbonyl (C=O) groups is 3. The number of anilines is 1. The number of amides is 2. The molecule has 2 atom stereocenters. The zero-order chi connectivity index (χ0) is 26.1. The van der Waals surface area contributed by atoms with Crippen LogP contribution in [0.5, 0.6) is 0 Å². The van der Waals surface area contributed by atoms with Gasteiger partial charge in [-0.05, 0) is 54.8 Å². The van der Waals surface area contributed by atoms with E-state index in [-0.39, 0.29) is 28.4 Å². The molecule has 8 nitrogen and oxygen atoms in total. The number of thioether (sulfide) groups is 1. The Labute approximate surface area is 211 Å². The highest BCUT2D eigenvalue weighted by atomic mass is 32.2. The molecule has 2 amide bonds. The second-order valence-electron chi connectivity index (χ2n) is 8.43. The molecule has 0 saturated carbocycles. The molecule has 0 spiro atoms. The number of carbonyl (C=O) groups excluding carboxylic acids is 3. The molecule has 0 aliphatic carbocycles. The van der Waals surface area contributed by atoms with Crippen molar-refractivity contribution in [1.82, 2.24) is 4.90 Å². The van der Waals surface area contributed by atoms with E-state index in [1.165, 1.54) is 25.3 Å². The van der Waals surface area contributed by atoms with E-state index in [1.54, 1.807) is 18.2 Å². The van der Waals surface area contributed by atoms with Crippen LogP contribution in [0.4, 0.5) is 10.1 Å². The summed E-state index contributed by atoms with van der Waals surface area (Å²) in [5.74, 6) is -3.46. The van der Waals surface area contributed by atoms with Gasteiger partial charge in [0.1, 0.15) is 16.9 Å². The van der Waals surface area contributed by atoms with Gasteiger partial charge in [0.15, 0.2) is 0 Å². The molecule has 2 unspecified atom stereocenters. The van der Waals surface area contributed by atoms with Crippen LogP contribution in [0.1, 0.15) is 29.0 Å². The Morgan fingerprint density at radius 2 is 1.97 bits per heavy atom. The first-order valence-corrected chi connectivity index (χ1v) is 11.9. The van der Waals surface area contributed by atoms with Crippen LogP contribution in [-0.2, 0) is 19.1 Å². The average molecular weight is 507 g/mol. The summed E-state index contributed by atoms with van der Waals surface area (Å²) in [6.45, 7) is 3.85. The van der Waals surface area contributed by atoms with E-state index >= 15 is 0 Å². The third-order valence-corrected chi connectivity index (χ3v) is 7.45. The van der Waals surface area contributed by atoms with Crippen LogP contribution in [0.15, 0.2) is 64.5 Å². The summed E-state index contributed by atoms with van der Waals surface area (Å²) in [6.07, 6.45) is -0.244. The minimum Gasteiger partial charge on any atom is -0.469 e. The maximum atomic E-state index is 14.2. The second kappa shape index (κ2) is 9.87. The number of nitrogens with zero attached hydrogens (tertiary/aromatic N) is 2. The van der Waals surface area contributed by atoms with Crippen LogP contribution in [0.3, 0.4) is 0 Å². The number of benzene rings is 2. The summed E-state index contributed by atoms with van der Waals surface area (Å²) in [7, 11) is 1.21. The molecule has 0 bridgehead atoms. The molecule has 2 heterocycles. The number of aryl methyl sites for hydroxylation is 2. The smallest absolute Gasteiger partial charge is 0.307 e. The number of allylic oxidation sites excluding steroid dienone is 1. The molecule has 2 aliphatic heterocycles. The van der Waals surface area contributed by atoms with Gasteiger partial charge in [-0.3, -0.25) is 19.3 Å². The van der Waals surface area contributed by atoms with Gasteiger partial charge in [0.05, 0.1) is 41.7 Å². The molecule has 0 radical (unpaired) electrons. The van der Waals surface area contributed by atoms with Crippen molar-refractivity contribution in [2.45, 2.75) is 31.4 Å². The maximum absolute atomic E-state index is 14.2. The van der Waals surface area contributed by atoms with Gasteiger partial charge in [-0.25, -0.2) is 4.39 Å². The Bertz CT molecular complexity index is 1390. The van der Waals surface area contributed by atoms with E-state index in [9.17, 15) is 24.0 Å². The SMILES string of the molecule is COC(=O)CC1SC2=C(C(=O)Nc3ccc(C)c(C)c3)C(c3cccc(F)c3)C(C#N)=C(N)N2C1=O. The molecule has 10 heteroatoms. The Hall–Kier alpha value is -4.10. The van der Waals surface area contributed by atoms with Gasteiger partial charge in [-0.15, -0.1) is 0 Å². The van der Waals surface area contributed by atoms with E-state index in [0.29, 0.717) is 11.3 Å². The Kier molecular flexibility index (Phi) is 6.86. The van der Waals surface area contributed by atoms with E-state index in [4.69, 9.17) is 10.5 Å². The molecule has 1 fully saturated rings. The summed E-state index contributed by atoms with van der Waals surface area (Å²) in [5.41, 5.74) is 9.13. The quantitative estimate of drug-likeness (QED) is 0.594. The van der Waals surface area contributed by atoms with Gasteiger partial charge in [-0.1, -0.05) is 30.0 Å². The van der Waals surface area contributed by atoms with Crippen molar-refractivity contribution < 1.29 is 23.5 Å². The number of nitrogens with two attached hydrogens (primary N) is 1. The van der Waals surface area contributed by atoms with E-state index in [0.717, 1.165) is 27.8 Å². The molecule has 4 rings (SSSR count). The summed E-state index contributed by atoms with van der Waals surface area (Å²) in [5, 5.41) is 12.2. The van der Waals surface area contributed by atoms with Crippen LogP contribution in [0.2, 0.25) is 0 Å². The summed E-state index contributed by atoms with van der Waals surface area (Å²) in [6, 6.07) is 12.9. The highest BCUT2D eigenvalue weighted by Crippen LogP contribution is 2.50. The minimum absolute atomic E-state index is 0.0651. The number of halogens is 1. The lowest BCUT2D eigenvalue weighted by molar-refractivity contribution is -0.142. The van der Waals surface area contributed by atoms with E-state index in [2.05, 4.69) is 5.32 Å². The standard InChI is InChI=1S/C26H23FN4O4S/c1-13-7-8-17(9-14(13)2)30-24(33)22-21(15-5-4-6-16(27)10-15)18(12-28)23(29)31-25(34)19(36-26(22)31)11-20(32)35-3/h4-10,19,21H,11,29H2,1-3H3,(H,30,33). The molecule has 2 aliphatic rings. The van der Waals surface area contributed by atoms with Gasteiger partial charge in [0.25, 0.3) is 5.91 Å². The summed E-state index contributed by atoms with van der Waals surface area (Å²) < 4.78 is 18.9. The fourth-order valence-corrected chi connectivity index (χ4v) is 5.51. The topological polar surface area (TPSA) is 126 Å². The van der Waals surface area contributed by atoms with Crippen LogP contribution in [-0.4, -0.2) is 35.0 Å². The molecule has 1 saturated heterocycles. The van der Waals surface area contributed by atoms with Gasteiger partial charge in [-0.2, -0.15) is 5.26 Å². The second-order valence-corrected chi connectivity index (χ2v) is 9.62. The van der Waals surface area contributed by atoms with E-state index in [1.807, 2.05) is 26.0 Å². The first-order valence-electron chi connectivity index (χ1n) is 11.0. The molecule has 3 N–H and O–H groups in total. The van der Waals surface area contributed by atoms with Crippen LogP contribution >= 0.6 is 11.8 Å². The Balaban J connectivity index is 1.88. The number of hydrogen-bond donors (Lipinski definition) is 2. The van der Waals surface area contributed by atoms with Crippen molar-refractivity contribution in [2.75, 3.05) is 12.4 Å². The predicted octanol–water partition coefficient (Wildman–Crippen LogP) is 3.59. The molecule has 0 aromatic heterocycles. The number of fused-ring (bicyclic) bond motifs is 1. The highest BCUT2D eigenvalue weighted by molar-refractivity contribution is 8.04. The number of nitriles is 1. The molecular weight excluding hydrogens is 483 g/mol. The van der Waals surface area contributed by atoms with Crippen molar-refractivity contribution in [3.8, 4) is 6.07 Å². The summed E-state index contributed by atoms with van der Waals surface area (Å²) in [4.78, 5) is 40.0. The van der Waals surface area contributed by atoms with Crippen molar-refractivity contribution in [1.29, 1.82) is 5.26 Å². The number of esters is 1. The van der Waals surface area contributed by atoms with Crippen molar-refractivity contribution in [3.63, 3.8) is 0 Å². The number of nitrogens with one attached hydrogen (secondary N) is 1. The third-order valence-electron chi connectivity index (χ3n) is 6.17. The van der Waals surface area contributed by atoms with Crippen molar-refractivity contribution >= 4 is 35.2 Å². The largest absolute Gasteiger partial charge is 0.469 e. The Morgan fingerprint density at radius 1 is 1.22 bits per heavy atom. The predicted molar refractivity (Wildman–Crippen MR) is 132 cm³/mol. The minimum atomic E-state index is -1.03. The zero-order valence-electron chi connectivity index (χ0n) is 19.8. The third kappa shape index (κ3) is 4.45. The lowest BCUT2D eigenvalue weighted by atomic mass is 9.82. The monoisotopic (exact) mass is 506 g/mol. The summed E-state index contributed by atoms with van der Waals surface area (Å²) >= 11 is 0.995. The lowest BCUT2D eigenvalue weighted by Gasteiger charge is -2.32. The van der Waals surface area contributed by atoms with Gasteiger partial charge in [0, 0.05) is 5.69 Å². The molecule has 184 valence electrons. The average Bonchev–Trinajstić information content (AvgIpc) is 3.16. The van der Waals surface area contributed by atoms with Crippen LogP contribution in [0, 0.1) is 31.0 Å². The van der Waals surface area contributed by atoms with Gasteiger partial charge in [0.2, 0.25) is 5.91 Å². The first kappa shape index (κ1) is 25.0. The number of rotatable bonds is 5. The lowest BCUT2D eigenvalue weighted by Crippen LogP contribution is -2.39. The van der Waals surface area contributed by atoms with Crippen LogP contribution in [0.25, 0.3) is 0 Å². The van der Waals surface area contributed by atoms with Gasteiger partial charge < -0.3 is 15.8 Å². The molecule has 2 aromatic carbocycles. The Morgan fingerprint density at radius 3 is 2.61 bits per heavy atom. The van der Waals surface area contributed by atoms with Crippen molar-refractivity contribution in [3.05, 3.63) is 87.0 Å². The molecule has 36 heavy (non-hydrogen) atoms. The molecular formula is C26H23FN4O4S. The normalized spacial score (nSPS) is 19.2. The fraction of sp³-hybridized carbons (Fsp3) is 0.231. The first-order chi connectivity index (χ1) is 17.2. The zero-order valence-corrected chi connectivity index (χ0v) is 20.6. The fourth-order valence-electron chi connectivity index (χ4n) is 4.18. The van der Waals surface area contributed by atoms with Crippen molar-refractivity contribution in [2.24, 2.45) is 5.73 Å². The van der Waals surface area contributed by atoms with Gasteiger partial charge >= 0.3 is 5.97 Å². The number of methoxy groups -OCH3 is 1. The highest BCUT2D eigenvalue weighted by Gasteiger charge is 2.48. The number of hydrogen-bond acceptors (Lipinski definition) is 7. The molecule has 2 aromatic rings. The van der Waals surface area contributed by atoms with Crippen LogP contribution < -0.4 is 11.1 Å². The van der Waals surface area contributed by atoms with E-state index < -0.39 is 34.8 Å². The maximum Gasteiger partial charge on any atom is 0.307 e. The number of ether oxygens (including phenoxy) is 1.